The van der Waals surface area contributed by atoms with Gasteiger partial charge in [0.25, 0.3) is 5.22 Å². The monoisotopic (exact) mass is 366 g/mol. The van der Waals surface area contributed by atoms with Gasteiger partial charge in [-0.3, -0.25) is 4.79 Å². The van der Waals surface area contributed by atoms with Crippen molar-refractivity contribution < 1.29 is 9.21 Å². The van der Waals surface area contributed by atoms with Gasteiger partial charge in [-0.2, -0.15) is 0 Å². The van der Waals surface area contributed by atoms with Crippen molar-refractivity contribution in [3.8, 4) is 11.5 Å². The summed E-state index contributed by atoms with van der Waals surface area (Å²) in [7, 11) is 0. The number of hydrogen-bond acceptors (Lipinski definition) is 6. The molecule has 0 fully saturated rings. The molecule has 0 saturated carbocycles. The van der Waals surface area contributed by atoms with Crippen molar-refractivity contribution in [3.63, 3.8) is 0 Å². The molecule has 0 saturated heterocycles. The maximum atomic E-state index is 11.9. The Bertz CT molecular complexity index is 723. The molecule has 3 aromatic rings. The zero-order valence-electron chi connectivity index (χ0n) is 9.95. The van der Waals surface area contributed by atoms with E-state index in [1.165, 1.54) is 11.3 Å². The van der Waals surface area contributed by atoms with Gasteiger partial charge < -0.3 is 4.42 Å². The van der Waals surface area contributed by atoms with Gasteiger partial charge in [-0.15, -0.1) is 21.5 Å². The smallest absolute Gasteiger partial charge is 0.284 e. The van der Waals surface area contributed by atoms with E-state index in [9.17, 15) is 4.79 Å². The number of thioether (sulfide) groups is 1. The zero-order valence-corrected chi connectivity index (χ0v) is 13.2. The molecule has 0 N–H and O–H groups in total. The van der Waals surface area contributed by atoms with Gasteiger partial charge in [0.05, 0.1) is 4.88 Å². The van der Waals surface area contributed by atoms with Gasteiger partial charge in [-0.05, 0) is 35.7 Å². The minimum absolute atomic E-state index is 0.0917. The Morgan fingerprint density at radius 1 is 1.20 bits per heavy atom. The SMILES string of the molecule is O=C(Sc1nnc(-c2ccc(Br)cc2)o1)c1cccs1. The van der Waals surface area contributed by atoms with E-state index >= 15 is 0 Å². The number of halogens is 1. The number of aromatic nitrogens is 2. The molecule has 7 heteroatoms. The van der Waals surface area contributed by atoms with Crippen molar-refractivity contribution in [3.05, 3.63) is 51.1 Å². The Hall–Kier alpha value is -1.44. The molecule has 1 aromatic carbocycles. The first-order valence-electron chi connectivity index (χ1n) is 5.57. The van der Waals surface area contributed by atoms with Crippen LogP contribution in [0.2, 0.25) is 0 Å². The standard InChI is InChI=1S/C13H7BrN2O2S2/c14-9-5-3-8(4-6-9)11-15-16-13(18-11)20-12(17)10-2-1-7-19-10/h1-7H. The highest BCUT2D eigenvalue weighted by molar-refractivity contribution is 9.10. The van der Waals surface area contributed by atoms with E-state index in [0.29, 0.717) is 10.8 Å². The Morgan fingerprint density at radius 2 is 2.00 bits per heavy atom. The van der Waals surface area contributed by atoms with Crippen molar-refractivity contribution in [2.24, 2.45) is 0 Å². The van der Waals surface area contributed by atoms with Crippen molar-refractivity contribution in [2.75, 3.05) is 0 Å². The molecule has 0 radical (unpaired) electrons. The normalized spacial score (nSPS) is 10.7. The average molecular weight is 367 g/mol. The van der Waals surface area contributed by atoms with Crippen molar-refractivity contribution in [1.82, 2.24) is 10.2 Å². The van der Waals surface area contributed by atoms with Gasteiger partial charge in [-0.25, -0.2) is 0 Å². The highest BCUT2D eigenvalue weighted by Gasteiger charge is 2.15. The maximum Gasteiger partial charge on any atom is 0.284 e. The molecule has 0 bridgehead atoms. The fourth-order valence-electron chi connectivity index (χ4n) is 1.48. The quantitative estimate of drug-likeness (QED) is 0.639. The number of rotatable bonds is 3. The van der Waals surface area contributed by atoms with Crippen LogP contribution in [0.15, 0.2) is 55.9 Å². The predicted octanol–water partition coefficient (Wildman–Crippen LogP) is 4.49. The average Bonchev–Trinajstić information content (AvgIpc) is 3.10. The third-order valence-electron chi connectivity index (χ3n) is 2.40. The molecule has 20 heavy (non-hydrogen) atoms. The van der Waals surface area contributed by atoms with Crippen LogP contribution < -0.4 is 0 Å². The van der Waals surface area contributed by atoms with E-state index in [1.54, 1.807) is 6.07 Å². The van der Waals surface area contributed by atoms with Crippen molar-refractivity contribution >= 4 is 44.1 Å². The molecule has 0 amide bonds. The molecule has 100 valence electrons. The second-order valence-corrected chi connectivity index (χ2v) is 6.53. The van der Waals surface area contributed by atoms with E-state index in [2.05, 4.69) is 26.1 Å². The highest BCUT2D eigenvalue weighted by Crippen LogP contribution is 2.27. The van der Waals surface area contributed by atoms with Crippen LogP contribution in [-0.4, -0.2) is 15.3 Å². The molecular formula is C13H7BrN2O2S2. The van der Waals surface area contributed by atoms with Gasteiger partial charge in [0.2, 0.25) is 11.0 Å². The molecule has 0 atom stereocenters. The summed E-state index contributed by atoms with van der Waals surface area (Å²) < 4.78 is 6.46. The van der Waals surface area contributed by atoms with Crippen LogP contribution in [0.25, 0.3) is 11.5 Å². The van der Waals surface area contributed by atoms with Crippen LogP contribution >= 0.6 is 39.0 Å². The van der Waals surface area contributed by atoms with E-state index in [0.717, 1.165) is 21.8 Å². The number of carbonyl (C=O) groups is 1. The summed E-state index contributed by atoms with van der Waals surface area (Å²) in [6.07, 6.45) is 0. The lowest BCUT2D eigenvalue weighted by Crippen LogP contribution is -1.88. The first kappa shape index (κ1) is 13.5. The number of thiophene rings is 1. The van der Waals surface area contributed by atoms with Crippen LogP contribution in [0.4, 0.5) is 0 Å². The van der Waals surface area contributed by atoms with Crippen molar-refractivity contribution in [2.45, 2.75) is 5.22 Å². The fraction of sp³-hybridized carbons (Fsp3) is 0. The summed E-state index contributed by atoms with van der Waals surface area (Å²) in [6.45, 7) is 0. The fourth-order valence-corrected chi connectivity index (χ4v) is 3.10. The third-order valence-corrected chi connectivity index (χ3v) is 4.67. The largest absolute Gasteiger partial charge is 0.411 e. The molecule has 3 rings (SSSR count). The predicted molar refractivity (Wildman–Crippen MR) is 81.9 cm³/mol. The van der Waals surface area contributed by atoms with Gasteiger partial charge in [0, 0.05) is 21.8 Å². The van der Waals surface area contributed by atoms with Gasteiger partial charge in [0.1, 0.15) is 0 Å². The van der Waals surface area contributed by atoms with Crippen LogP contribution in [-0.2, 0) is 0 Å². The number of benzene rings is 1. The minimum Gasteiger partial charge on any atom is -0.411 e. The highest BCUT2D eigenvalue weighted by atomic mass is 79.9. The Labute approximate surface area is 131 Å². The Morgan fingerprint density at radius 3 is 2.70 bits per heavy atom. The summed E-state index contributed by atoms with van der Waals surface area (Å²) in [5.74, 6) is 0.402. The Balaban J connectivity index is 1.77. The molecular weight excluding hydrogens is 360 g/mol. The summed E-state index contributed by atoms with van der Waals surface area (Å²) in [6, 6.07) is 11.1. The molecule has 0 aliphatic heterocycles. The lowest BCUT2D eigenvalue weighted by Gasteiger charge is -1.94. The summed E-state index contributed by atoms with van der Waals surface area (Å²) in [5, 5.41) is 9.85. The zero-order chi connectivity index (χ0) is 13.9. The molecule has 0 unspecified atom stereocenters. The van der Waals surface area contributed by atoms with Gasteiger partial charge >= 0.3 is 0 Å². The maximum absolute atomic E-state index is 11.9. The molecule has 2 aromatic heterocycles. The molecule has 4 nitrogen and oxygen atoms in total. The molecule has 0 aliphatic rings. The van der Waals surface area contributed by atoms with E-state index in [1.807, 2.05) is 35.7 Å². The second-order valence-electron chi connectivity index (χ2n) is 3.75. The summed E-state index contributed by atoms with van der Waals surface area (Å²) in [5.41, 5.74) is 0.816. The second kappa shape index (κ2) is 5.90. The van der Waals surface area contributed by atoms with Crippen LogP contribution in [0.3, 0.4) is 0 Å². The lowest BCUT2D eigenvalue weighted by atomic mass is 10.2. The first-order chi connectivity index (χ1) is 9.72. The van der Waals surface area contributed by atoms with Crippen LogP contribution in [0.1, 0.15) is 9.67 Å². The number of hydrogen-bond donors (Lipinski definition) is 0. The molecule has 2 heterocycles. The summed E-state index contributed by atoms with van der Waals surface area (Å²) in [4.78, 5) is 12.6. The molecule has 0 aliphatic carbocycles. The van der Waals surface area contributed by atoms with E-state index in [-0.39, 0.29) is 10.3 Å². The van der Waals surface area contributed by atoms with Crippen molar-refractivity contribution in [1.29, 1.82) is 0 Å². The van der Waals surface area contributed by atoms with E-state index < -0.39 is 0 Å². The number of nitrogens with zero attached hydrogens (tertiary/aromatic N) is 2. The number of carbonyl (C=O) groups excluding carboxylic acids is 1. The van der Waals surface area contributed by atoms with Gasteiger partial charge in [-0.1, -0.05) is 22.0 Å². The Kier molecular flexibility index (Phi) is 4.00. The van der Waals surface area contributed by atoms with Crippen LogP contribution in [0.5, 0.6) is 0 Å². The summed E-state index contributed by atoms with van der Waals surface area (Å²) >= 11 is 5.70. The molecule has 0 spiro atoms. The topological polar surface area (TPSA) is 56.0 Å². The minimum atomic E-state index is -0.0917. The van der Waals surface area contributed by atoms with Gasteiger partial charge in [0.15, 0.2) is 0 Å². The third kappa shape index (κ3) is 3.00. The lowest BCUT2D eigenvalue weighted by molar-refractivity contribution is 0.109. The first-order valence-corrected chi connectivity index (χ1v) is 8.06. The van der Waals surface area contributed by atoms with Crippen LogP contribution in [0, 0.1) is 0 Å². The van der Waals surface area contributed by atoms with E-state index in [4.69, 9.17) is 4.42 Å².